The average Bonchev–Trinajstić information content (AvgIpc) is 2.54. The van der Waals surface area contributed by atoms with Crippen LogP contribution in [0, 0.1) is 13.8 Å². The van der Waals surface area contributed by atoms with Gasteiger partial charge in [0, 0.05) is 30.2 Å². The van der Waals surface area contributed by atoms with E-state index in [2.05, 4.69) is 22.0 Å². The van der Waals surface area contributed by atoms with Crippen LogP contribution in [-0.4, -0.2) is 24.0 Å². The molecule has 0 radical (unpaired) electrons. The Morgan fingerprint density at radius 1 is 1.04 bits per heavy atom. The number of ether oxygens (including phenoxy) is 1. The van der Waals surface area contributed by atoms with Crippen molar-refractivity contribution in [2.75, 3.05) is 14.2 Å². The number of aromatic nitrogens is 1. The van der Waals surface area contributed by atoms with Crippen molar-refractivity contribution in [1.82, 2.24) is 9.88 Å². The van der Waals surface area contributed by atoms with Crippen molar-refractivity contribution in [3.63, 3.8) is 0 Å². The maximum absolute atomic E-state index is 12.5. The zero-order chi connectivity index (χ0) is 18.0. The smallest absolute Gasteiger partial charge is 0.189 e. The van der Waals surface area contributed by atoms with Gasteiger partial charge in [0.2, 0.25) is 0 Å². The second-order valence-corrected chi connectivity index (χ2v) is 6.68. The Bertz CT molecular complexity index is 943. The number of nitrogens with one attached hydrogen (secondary N) is 1. The van der Waals surface area contributed by atoms with Gasteiger partial charge in [0.25, 0.3) is 0 Å². The van der Waals surface area contributed by atoms with Crippen LogP contribution >= 0.6 is 0 Å². The van der Waals surface area contributed by atoms with Gasteiger partial charge in [-0.1, -0.05) is 18.2 Å². The molecule has 1 heterocycles. The molecule has 25 heavy (non-hydrogen) atoms. The van der Waals surface area contributed by atoms with E-state index in [1.807, 2.05) is 45.2 Å². The predicted molar refractivity (Wildman–Crippen MR) is 102 cm³/mol. The van der Waals surface area contributed by atoms with Gasteiger partial charge in [-0.25, -0.2) is 0 Å². The van der Waals surface area contributed by atoms with Gasteiger partial charge in [-0.15, -0.1) is 0 Å². The average molecular weight is 336 g/mol. The van der Waals surface area contributed by atoms with E-state index in [4.69, 9.17) is 4.74 Å². The summed E-state index contributed by atoms with van der Waals surface area (Å²) < 4.78 is 5.19. The molecule has 0 aliphatic heterocycles. The third-order valence-corrected chi connectivity index (χ3v) is 4.38. The molecule has 1 aromatic heterocycles. The van der Waals surface area contributed by atoms with Crippen LogP contribution in [0.15, 0.2) is 47.3 Å². The van der Waals surface area contributed by atoms with Crippen molar-refractivity contribution in [3.05, 3.63) is 75.1 Å². The van der Waals surface area contributed by atoms with Crippen molar-refractivity contribution in [2.24, 2.45) is 0 Å². The van der Waals surface area contributed by atoms with E-state index >= 15 is 0 Å². The number of hydrogen-bond acceptors (Lipinski definition) is 3. The van der Waals surface area contributed by atoms with Crippen LogP contribution < -0.4 is 10.2 Å². The highest BCUT2D eigenvalue weighted by molar-refractivity contribution is 5.82. The number of H-pyrrole nitrogens is 1. The van der Waals surface area contributed by atoms with Crippen LogP contribution in [0.3, 0.4) is 0 Å². The number of methoxy groups -OCH3 is 1. The first-order valence-corrected chi connectivity index (χ1v) is 8.41. The van der Waals surface area contributed by atoms with E-state index in [1.54, 1.807) is 13.2 Å². The molecule has 0 fully saturated rings. The molecule has 3 aromatic rings. The highest BCUT2D eigenvalue weighted by atomic mass is 16.5. The Kier molecular flexibility index (Phi) is 4.91. The summed E-state index contributed by atoms with van der Waals surface area (Å²) in [5, 5.41) is 0.784. The summed E-state index contributed by atoms with van der Waals surface area (Å²) in [6.07, 6.45) is 0. The van der Waals surface area contributed by atoms with Crippen molar-refractivity contribution >= 4 is 10.9 Å². The molecule has 4 heteroatoms. The molecule has 0 aliphatic carbocycles. The number of aromatic amines is 1. The first-order valence-electron chi connectivity index (χ1n) is 8.41. The summed E-state index contributed by atoms with van der Waals surface area (Å²) >= 11 is 0. The monoisotopic (exact) mass is 336 g/mol. The van der Waals surface area contributed by atoms with Gasteiger partial charge in [0.05, 0.1) is 12.6 Å². The van der Waals surface area contributed by atoms with E-state index in [0.29, 0.717) is 6.54 Å². The van der Waals surface area contributed by atoms with Crippen LogP contribution in [0.2, 0.25) is 0 Å². The normalized spacial score (nSPS) is 11.2. The minimum atomic E-state index is 0.0825. The maximum Gasteiger partial charge on any atom is 0.189 e. The van der Waals surface area contributed by atoms with Gasteiger partial charge in [0.1, 0.15) is 5.75 Å². The van der Waals surface area contributed by atoms with Crippen molar-refractivity contribution in [1.29, 1.82) is 0 Å². The molecule has 2 aromatic carbocycles. The van der Waals surface area contributed by atoms with E-state index in [-0.39, 0.29) is 5.43 Å². The Balaban J connectivity index is 1.80. The van der Waals surface area contributed by atoms with Crippen LogP contribution in [0.5, 0.6) is 5.75 Å². The summed E-state index contributed by atoms with van der Waals surface area (Å²) in [6, 6.07) is 13.9. The van der Waals surface area contributed by atoms with Crippen LogP contribution in [-0.2, 0) is 13.1 Å². The Labute approximate surface area is 148 Å². The summed E-state index contributed by atoms with van der Waals surface area (Å²) in [5.41, 5.74) is 5.31. The SMILES string of the molecule is COc1ccc(CN(C)Cc2cc(=O)c3c(C)cc(C)cc3[nH]2)cc1. The molecule has 0 unspecified atom stereocenters. The molecular weight excluding hydrogens is 312 g/mol. The summed E-state index contributed by atoms with van der Waals surface area (Å²) in [5.74, 6) is 0.857. The molecule has 0 saturated heterocycles. The first-order chi connectivity index (χ1) is 12.0. The molecule has 0 saturated carbocycles. The lowest BCUT2D eigenvalue weighted by Crippen LogP contribution is -2.19. The molecule has 4 nitrogen and oxygen atoms in total. The van der Waals surface area contributed by atoms with Crippen molar-refractivity contribution in [2.45, 2.75) is 26.9 Å². The number of aryl methyl sites for hydroxylation is 2. The van der Waals surface area contributed by atoms with Crippen molar-refractivity contribution < 1.29 is 4.74 Å². The molecule has 1 N–H and O–H groups in total. The fourth-order valence-electron chi connectivity index (χ4n) is 3.31. The maximum atomic E-state index is 12.5. The molecule has 130 valence electrons. The summed E-state index contributed by atoms with van der Waals surface area (Å²) in [7, 11) is 3.72. The Morgan fingerprint density at radius 2 is 1.76 bits per heavy atom. The lowest BCUT2D eigenvalue weighted by molar-refractivity contribution is 0.315. The molecule has 0 amide bonds. The number of nitrogens with zero attached hydrogens (tertiary/aromatic N) is 1. The van der Waals surface area contributed by atoms with E-state index < -0.39 is 0 Å². The number of hydrogen-bond donors (Lipinski definition) is 1. The predicted octanol–water partition coefficient (Wildman–Crippen LogP) is 3.79. The number of benzene rings is 2. The van der Waals surface area contributed by atoms with Gasteiger partial charge < -0.3 is 9.72 Å². The zero-order valence-electron chi connectivity index (χ0n) is 15.2. The molecule has 0 atom stereocenters. The van der Waals surface area contributed by atoms with Gasteiger partial charge in [-0.05, 0) is 55.8 Å². The third kappa shape index (κ3) is 3.91. The third-order valence-electron chi connectivity index (χ3n) is 4.38. The number of pyridine rings is 1. The van der Waals surface area contributed by atoms with E-state index in [1.165, 1.54) is 5.56 Å². The topological polar surface area (TPSA) is 45.3 Å². The van der Waals surface area contributed by atoms with Crippen molar-refractivity contribution in [3.8, 4) is 5.75 Å². The molecular formula is C21H24N2O2. The minimum Gasteiger partial charge on any atom is -0.497 e. The van der Waals surface area contributed by atoms with Gasteiger partial charge in [0.15, 0.2) is 5.43 Å². The van der Waals surface area contributed by atoms with Gasteiger partial charge >= 0.3 is 0 Å². The summed E-state index contributed by atoms with van der Waals surface area (Å²) in [6.45, 7) is 5.52. The van der Waals surface area contributed by atoms with E-state index in [0.717, 1.165) is 40.0 Å². The van der Waals surface area contributed by atoms with Gasteiger partial charge in [-0.3, -0.25) is 9.69 Å². The molecule has 3 rings (SSSR count). The van der Waals surface area contributed by atoms with Crippen LogP contribution in [0.4, 0.5) is 0 Å². The number of rotatable bonds is 5. The lowest BCUT2D eigenvalue weighted by atomic mass is 10.1. The lowest BCUT2D eigenvalue weighted by Gasteiger charge is -2.17. The standard InChI is InChI=1S/C21H24N2O2/c1-14-9-15(2)21-19(10-14)22-17(11-20(21)24)13-23(3)12-16-5-7-18(25-4)8-6-16/h5-11H,12-13H2,1-4H3,(H,22,24). The minimum absolute atomic E-state index is 0.0825. The Hall–Kier alpha value is -2.59. The molecule has 0 bridgehead atoms. The van der Waals surface area contributed by atoms with Gasteiger partial charge in [-0.2, -0.15) is 0 Å². The second kappa shape index (κ2) is 7.11. The number of fused-ring (bicyclic) bond motifs is 1. The zero-order valence-corrected chi connectivity index (χ0v) is 15.2. The molecule has 0 aliphatic rings. The Morgan fingerprint density at radius 3 is 2.44 bits per heavy atom. The highest BCUT2D eigenvalue weighted by Gasteiger charge is 2.08. The van der Waals surface area contributed by atoms with Crippen LogP contribution in [0.1, 0.15) is 22.4 Å². The fourth-order valence-corrected chi connectivity index (χ4v) is 3.31. The first kappa shape index (κ1) is 17.2. The summed E-state index contributed by atoms with van der Waals surface area (Å²) in [4.78, 5) is 18.1. The van der Waals surface area contributed by atoms with Crippen LogP contribution in [0.25, 0.3) is 10.9 Å². The highest BCUT2D eigenvalue weighted by Crippen LogP contribution is 2.17. The molecule has 0 spiro atoms. The second-order valence-electron chi connectivity index (χ2n) is 6.68. The largest absolute Gasteiger partial charge is 0.497 e. The fraction of sp³-hybridized carbons (Fsp3) is 0.286. The quantitative estimate of drug-likeness (QED) is 0.771. The van der Waals surface area contributed by atoms with E-state index in [9.17, 15) is 4.79 Å².